The van der Waals surface area contributed by atoms with E-state index in [-0.39, 0.29) is 25.2 Å². The average Bonchev–Trinajstić information content (AvgIpc) is 3.24. The molecule has 0 radical (unpaired) electrons. The summed E-state index contributed by atoms with van der Waals surface area (Å²) in [4.78, 5) is 141. The lowest BCUT2D eigenvalue weighted by Gasteiger charge is -2.29. The Morgan fingerprint density at radius 3 is 1.64 bits per heavy atom. The smallest absolute Gasteiger partial charge is 0.326 e. The number of benzene rings is 1. The molecule has 0 saturated heterocycles. The van der Waals surface area contributed by atoms with E-state index in [9.17, 15) is 63.0 Å². The van der Waals surface area contributed by atoms with Gasteiger partial charge in [0.15, 0.2) is 0 Å². The molecule has 0 aromatic heterocycles. The van der Waals surface area contributed by atoms with Gasteiger partial charge in [0, 0.05) is 6.42 Å². The number of carboxylic acids is 3. The van der Waals surface area contributed by atoms with Gasteiger partial charge in [-0.1, -0.05) is 64.4 Å². The number of rotatable bonds is 32. The van der Waals surface area contributed by atoms with Crippen LogP contribution in [0.4, 0.5) is 0 Å². The molecule has 0 unspecified atom stereocenters. The molecule has 0 aliphatic heterocycles. The summed E-state index contributed by atoms with van der Waals surface area (Å²) in [6.45, 7) is 8.21. The Morgan fingerprint density at radius 2 is 1.10 bits per heavy atom. The van der Waals surface area contributed by atoms with Crippen molar-refractivity contribution in [2.24, 2.45) is 29.0 Å². The molecule has 8 amide bonds. The molecule has 1 rings (SSSR count). The third kappa shape index (κ3) is 22.4. The number of nitrogens with two attached hydrogens (primary N) is 3. The van der Waals surface area contributed by atoms with Crippen molar-refractivity contribution in [2.75, 3.05) is 6.54 Å². The maximum Gasteiger partial charge on any atom is 0.326 e. The van der Waals surface area contributed by atoms with Crippen LogP contribution in [-0.4, -0.2) is 135 Å². The van der Waals surface area contributed by atoms with Crippen molar-refractivity contribution in [3.8, 4) is 0 Å². The van der Waals surface area contributed by atoms with Crippen molar-refractivity contribution < 1.29 is 68.1 Å². The van der Waals surface area contributed by atoms with Gasteiger partial charge in [-0.2, -0.15) is 0 Å². The highest BCUT2D eigenvalue weighted by molar-refractivity contribution is 5.99. The van der Waals surface area contributed by atoms with Crippen LogP contribution in [0.2, 0.25) is 0 Å². The van der Waals surface area contributed by atoms with Gasteiger partial charge in [0.1, 0.15) is 42.3 Å². The zero-order chi connectivity index (χ0) is 51.0. The molecule has 0 aliphatic rings. The highest BCUT2D eigenvalue weighted by Crippen LogP contribution is 2.13. The fourth-order valence-corrected chi connectivity index (χ4v) is 6.46. The predicted octanol–water partition coefficient (Wildman–Crippen LogP) is -2.51. The number of carbonyl (C=O) groups is 11. The van der Waals surface area contributed by atoms with Crippen molar-refractivity contribution in [3.05, 3.63) is 35.9 Å². The van der Waals surface area contributed by atoms with Crippen molar-refractivity contribution >= 4 is 65.2 Å². The quantitative estimate of drug-likeness (QED) is 0.0332. The van der Waals surface area contributed by atoms with Crippen molar-refractivity contribution in [2.45, 2.75) is 147 Å². The van der Waals surface area contributed by atoms with Gasteiger partial charge in [-0.25, -0.2) is 4.79 Å². The maximum absolute atomic E-state index is 13.8. The Morgan fingerprint density at radius 1 is 0.582 bits per heavy atom. The molecule has 9 atom stereocenters. The largest absolute Gasteiger partial charge is 0.481 e. The van der Waals surface area contributed by atoms with E-state index in [0.29, 0.717) is 25.8 Å². The Labute approximate surface area is 388 Å². The fourth-order valence-electron chi connectivity index (χ4n) is 6.46. The molecular formula is C43H68N10O14. The molecule has 16 N–H and O–H groups in total. The van der Waals surface area contributed by atoms with Crippen LogP contribution in [0.1, 0.15) is 98.0 Å². The topological polar surface area (TPSA) is 411 Å². The van der Waals surface area contributed by atoms with E-state index in [0.717, 1.165) is 5.56 Å². The van der Waals surface area contributed by atoms with Crippen LogP contribution in [0.25, 0.3) is 0 Å². The summed E-state index contributed by atoms with van der Waals surface area (Å²) >= 11 is 0. The van der Waals surface area contributed by atoms with E-state index in [4.69, 9.17) is 22.3 Å². The number of hydrogen-bond acceptors (Lipinski definition) is 13. The lowest BCUT2D eigenvalue weighted by molar-refractivity contribution is -0.144. The average molecular weight is 949 g/mol. The number of aliphatic carboxylic acids is 3. The Balaban J connectivity index is 3.24. The Bertz CT molecular complexity index is 1880. The highest BCUT2D eigenvalue weighted by Gasteiger charge is 2.36. The number of unbranched alkanes of at least 4 members (excludes halogenated alkanes) is 1. The molecule has 1 aromatic carbocycles. The molecule has 24 nitrogen and oxygen atoms in total. The number of hydrogen-bond donors (Lipinski definition) is 13. The fraction of sp³-hybridized carbons (Fsp3) is 0.605. The van der Waals surface area contributed by atoms with Crippen molar-refractivity contribution in [3.63, 3.8) is 0 Å². The molecular weight excluding hydrogens is 881 g/mol. The Hall–Kier alpha value is -6.69. The summed E-state index contributed by atoms with van der Waals surface area (Å²) in [5.41, 5.74) is 17.9. The number of amides is 8. The third-order valence-corrected chi connectivity index (χ3v) is 10.4. The first-order valence-corrected chi connectivity index (χ1v) is 22.0. The molecule has 0 aliphatic carbocycles. The third-order valence-electron chi connectivity index (χ3n) is 10.4. The Kier molecular flexibility index (Phi) is 25.9. The minimum absolute atomic E-state index is 0.0714. The molecule has 24 heteroatoms. The van der Waals surface area contributed by atoms with Gasteiger partial charge >= 0.3 is 17.9 Å². The molecule has 67 heavy (non-hydrogen) atoms. The number of carboxylic acid groups (broad SMARTS) is 3. The molecule has 374 valence electrons. The number of carbonyl (C=O) groups excluding carboxylic acids is 8. The highest BCUT2D eigenvalue weighted by atomic mass is 16.4. The second kappa shape index (κ2) is 29.8. The molecule has 0 saturated carbocycles. The molecule has 0 fully saturated rings. The van der Waals surface area contributed by atoms with Crippen LogP contribution in [0.15, 0.2) is 30.3 Å². The second-order valence-corrected chi connectivity index (χ2v) is 16.7. The van der Waals surface area contributed by atoms with E-state index in [1.807, 2.05) is 6.07 Å². The summed E-state index contributed by atoms with van der Waals surface area (Å²) in [5, 5.41) is 44.8. The van der Waals surface area contributed by atoms with Crippen LogP contribution >= 0.6 is 0 Å². The first-order chi connectivity index (χ1) is 31.4. The molecule has 0 spiro atoms. The first kappa shape index (κ1) is 58.3. The van der Waals surface area contributed by atoms with E-state index in [1.54, 1.807) is 52.0 Å². The predicted molar refractivity (Wildman–Crippen MR) is 240 cm³/mol. The van der Waals surface area contributed by atoms with Gasteiger partial charge in [-0.05, 0) is 69.4 Å². The van der Waals surface area contributed by atoms with Gasteiger partial charge in [0.2, 0.25) is 47.3 Å². The zero-order valence-corrected chi connectivity index (χ0v) is 38.5. The lowest BCUT2D eigenvalue weighted by Crippen LogP contribution is -2.61. The van der Waals surface area contributed by atoms with E-state index in [1.165, 1.54) is 6.92 Å². The summed E-state index contributed by atoms with van der Waals surface area (Å²) in [7, 11) is 0. The number of primary amides is 1. The number of nitrogens with one attached hydrogen (secondary N) is 7. The monoisotopic (exact) mass is 948 g/mol. The van der Waals surface area contributed by atoms with Crippen molar-refractivity contribution in [1.29, 1.82) is 0 Å². The van der Waals surface area contributed by atoms with Gasteiger partial charge in [0.05, 0.1) is 18.9 Å². The van der Waals surface area contributed by atoms with Gasteiger partial charge in [0.25, 0.3) is 0 Å². The minimum Gasteiger partial charge on any atom is -0.481 e. The maximum atomic E-state index is 13.8. The van der Waals surface area contributed by atoms with Gasteiger partial charge in [-0.3, -0.25) is 47.9 Å². The van der Waals surface area contributed by atoms with Crippen LogP contribution in [-0.2, 0) is 59.2 Å². The first-order valence-electron chi connectivity index (χ1n) is 22.0. The molecule has 1 aromatic rings. The molecule has 0 heterocycles. The van der Waals surface area contributed by atoms with Crippen molar-refractivity contribution in [1.82, 2.24) is 37.2 Å². The second-order valence-electron chi connectivity index (χ2n) is 16.7. The van der Waals surface area contributed by atoms with E-state index >= 15 is 0 Å². The summed E-state index contributed by atoms with van der Waals surface area (Å²) < 4.78 is 0. The minimum atomic E-state index is -1.80. The normalized spacial score (nSPS) is 15.0. The van der Waals surface area contributed by atoms with Gasteiger partial charge < -0.3 is 69.7 Å². The van der Waals surface area contributed by atoms with Crippen LogP contribution < -0.4 is 54.4 Å². The lowest BCUT2D eigenvalue weighted by atomic mass is 9.96. The van der Waals surface area contributed by atoms with Crippen LogP contribution in [0, 0.1) is 11.8 Å². The summed E-state index contributed by atoms with van der Waals surface area (Å²) in [6.07, 6.45) is -1.42. The van der Waals surface area contributed by atoms with Crippen LogP contribution in [0.5, 0.6) is 0 Å². The summed E-state index contributed by atoms with van der Waals surface area (Å²) in [5.74, 6) is -13.1. The van der Waals surface area contributed by atoms with E-state index in [2.05, 4.69) is 37.2 Å². The van der Waals surface area contributed by atoms with Crippen LogP contribution in [0.3, 0.4) is 0 Å². The standard InChI is InChI=1S/C43H68N10O14/c1-6-23(4)35(53-38(61)27(14-10-11-17-44)48-37(60)26(45)19-25-12-8-7-9-13-25)42(65)52-31(21-34(57)58)39(62)47-24(5)36(59)50-29(18-22(2)3)40(63)51-30(20-32(46)54)41(64)49-28(43(66)67)15-16-33(55)56/h7-9,12-13,22-24,26-31,35H,6,10-11,14-21,44-45H2,1-5H3,(H2,46,54)(H,47,62)(H,48,60)(H,49,64)(H,50,59)(H,51,63)(H,52,65)(H,53,61)(H,55,56)(H,57,58)(H,66,67)/t23-,24-,26-,27-,28-,29-,30-,31-,35-/m0/s1. The SMILES string of the molecule is CC[C@H](C)[C@H](NC(=O)[C@H](CCCCN)NC(=O)[C@@H](N)Cc1ccccc1)C(=O)N[C@@H](CC(=O)O)C(=O)N[C@@H](C)C(=O)N[C@@H](CC(C)C)C(=O)N[C@@H](CC(N)=O)C(=O)N[C@@H](CCC(=O)O)C(=O)O. The van der Waals surface area contributed by atoms with E-state index < -0.39 is 145 Å². The van der Waals surface area contributed by atoms with Gasteiger partial charge in [-0.15, -0.1) is 0 Å². The molecule has 0 bridgehead atoms. The summed E-state index contributed by atoms with van der Waals surface area (Å²) in [6, 6.07) is -2.72. The zero-order valence-electron chi connectivity index (χ0n) is 38.5.